The first-order valence-electron chi connectivity index (χ1n) is 7.22. The summed E-state index contributed by atoms with van der Waals surface area (Å²) < 4.78 is 12.4. The Labute approximate surface area is 123 Å². The molecule has 1 saturated heterocycles. The van der Waals surface area contributed by atoms with Gasteiger partial charge in [-0.2, -0.15) is 0 Å². The van der Waals surface area contributed by atoms with Crippen LogP contribution in [0.3, 0.4) is 0 Å². The Morgan fingerprint density at radius 2 is 2.00 bits per heavy atom. The zero-order valence-electron chi connectivity index (χ0n) is 12.4. The summed E-state index contributed by atoms with van der Waals surface area (Å²) in [5.41, 5.74) is 0.0298. The van der Waals surface area contributed by atoms with Crippen LogP contribution in [0.4, 0.5) is 0 Å². The van der Waals surface area contributed by atoms with Gasteiger partial charge in [0.15, 0.2) is 11.5 Å². The highest BCUT2D eigenvalue weighted by Gasteiger charge is 2.17. The van der Waals surface area contributed by atoms with Crippen molar-refractivity contribution in [3.63, 3.8) is 0 Å². The van der Waals surface area contributed by atoms with Gasteiger partial charge in [0.25, 0.3) is 5.56 Å². The molecule has 1 aromatic carbocycles. The number of ether oxygens (including phenoxy) is 2. The standard InChI is InChI=1S/C16H20N2O3/c1-20-14-8-11-5-7-18(12-4-3-6-17-10-12)16(19)13(11)9-15(14)21-2/h5,7-9,12,17H,3-4,6,10H2,1-2H3. The summed E-state index contributed by atoms with van der Waals surface area (Å²) in [5.74, 6) is 1.23. The van der Waals surface area contributed by atoms with Crippen molar-refractivity contribution in [2.75, 3.05) is 27.3 Å². The minimum atomic E-state index is 0.0298. The van der Waals surface area contributed by atoms with E-state index in [2.05, 4.69) is 5.32 Å². The van der Waals surface area contributed by atoms with Crippen molar-refractivity contribution in [3.8, 4) is 11.5 Å². The Hall–Kier alpha value is -2.01. The van der Waals surface area contributed by atoms with E-state index in [0.29, 0.717) is 16.9 Å². The number of hydrogen-bond acceptors (Lipinski definition) is 4. The number of fused-ring (bicyclic) bond motifs is 1. The highest BCUT2D eigenvalue weighted by atomic mass is 16.5. The Balaban J connectivity index is 2.13. The van der Waals surface area contributed by atoms with Crippen LogP contribution < -0.4 is 20.3 Å². The van der Waals surface area contributed by atoms with E-state index >= 15 is 0 Å². The average Bonchev–Trinajstić information content (AvgIpc) is 2.55. The van der Waals surface area contributed by atoms with Crippen LogP contribution in [-0.2, 0) is 0 Å². The Morgan fingerprint density at radius 3 is 2.67 bits per heavy atom. The topological polar surface area (TPSA) is 52.5 Å². The van der Waals surface area contributed by atoms with Gasteiger partial charge in [-0.25, -0.2) is 0 Å². The summed E-state index contributed by atoms with van der Waals surface area (Å²) in [6.07, 6.45) is 4.01. The van der Waals surface area contributed by atoms with Gasteiger partial charge in [-0.05, 0) is 43.0 Å². The molecule has 112 valence electrons. The number of hydrogen-bond donors (Lipinski definition) is 1. The van der Waals surface area contributed by atoms with Crippen molar-refractivity contribution >= 4 is 10.8 Å². The molecule has 0 radical (unpaired) electrons. The van der Waals surface area contributed by atoms with Gasteiger partial charge in [-0.1, -0.05) is 0 Å². The lowest BCUT2D eigenvalue weighted by molar-refractivity contribution is 0.355. The van der Waals surface area contributed by atoms with Crippen LogP contribution in [0.5, 0.6) is 11.5 Å². The molecular weight excluding hydrogens is 268 g/mol. The quantitative estimate of drug-likeness (QED) is 0.938. The van der Waals surface area contributed by atoms with Crippen LogP contribution >= 0.6 is 0 Å². The van der Waals surface area contributed by atoms with Crippen LogP contribution in [0.1, 0.15) is 18.9 Å². The second kappa shape index (κ2) is 5.77. The summed E-state index contributed by atoms with van der Waals surface area (Å²) in [7, 11) is 3.18. The number of pyridine rings is 1. The monoisotopic (exact) mass is 288 g/mol. The zero-order valence-corrected chi connectivity index (χ0v) is 12.4. The summed E-state index contributed by atoms with van der Waals surface area (Å²) in [5, 5.41) is 4.89. The Morgan fingerprint density at radius 1 is 1.24 bits per heavy atom. The maximum absolute atomic E-state index is 12.7. The van der Waals surface area contributed by atoms with E-state index in [4.69, 9.17) is 9.47 Å². The molecule has 2 heterocycles. The largest absolute Gasteiger partial charge is 0.493 e. The van der Waals surface area contributed by atoms with E-state index < -0.39 is 0 Å². The van der Waals surface area contributed by atoms with E-state index in [1.165, 1.54) is 0 Å². The Kier molecular flexibility index (Phi) is 3.84. The fraction of sp³-hybridized carbons (Fsp3) is 0.438. The minimum absolute atomic E-state index is 0.0298. The fourth-order valence-corrected chi connectivity index (χ4v) is 2.94. The summed E-state index contributed by atoms with van der Waals surface area (Å²) in [6.45, 7) is 1.88. The number of aromatic nitrogens is 1. The first kappa shape index (κ1) is 13.9. The van der Waals surface area contributed by atoms with Gasteiger partial charge in [0.2, 0.25) is 0 Å². The van der Waals surface area contributed by atoms with E-state index in [-0.39, 0.29) is 11.6 Å². The van der Waals surface area contributed by atoms with Crippen molar-refractivity contribution in [1.82, 2.24) is 9.88 Å². The maximum atomic E-state index is 12.7. The third-order valence-corrected chi connectivity index (χ3v) is 4.10. The molecular formula is C16H20N2O3. The fourth-order valence-electron chi connectivity index (χ4n) is 2.94. The molecule has 1 N–H and O–H groups in total. The number of methoxy groups -OCH3 is 2. The summed E-state index contributed by atoms with van der Waals surface area (Å²) in [6, 6.07) is 5.80. The van der Waals surface area contributed by atoms with Gasteiger partial charge in [0.05, 0.1) is 19.6 Å². The molecule has 5 nitrogen and oxygen atoms in total. The molecule has 0 aliphatic carbocycles. The highest BCUT2D eigenvalue weighted by Crippen LogP contribution is 2.31. The average molecular weight is 288 g/mol. The first-order chi connectivity index (χ1) is 10.2. The lowest BCUT2D eigenvalue weighted by Gasteiger charge is -2.25. The molecule has 21 heavy (non-hydrogen) atoms. The van der Waals surface area contributed by atoms with Gasteiger partial charge in [0, 0.05) is 18.8 Å². The number of nitrogens with one attached hydrogen (secondary N) is 1. The molecule has 0 spiro atoms. The highest BCUT2D eigenvalue weighted by molar-refractivity contribution is 5.85. The second-order valence-electron chi connectivity index (χ2n) is 5.32. The molecule has 5 heteroatoms. The van der Waals surface area contributed by atoms with E-state index in [0.717, 1.165) is 31.3 Å². The van der Waals surface area contributed by atoms with Crippen LogP contribution in [0, 0.1) is 0 Å². The molecule has 1 atom stereocenters. The lowest BCUT2D eigenvalue weighted by atomic mass is 10.1. The minimum Gasteiger partial charge on any atom is -0.493 e. The van der Waals surface area contributed by atoms with Gasteiger partial charge < -0.3 is 19.4 Å². The smallest absolute Gasteiger partial charge is 0.258 e. The number of rotatable bonds is 3. The maximum Gasteiger partial charge on any atom is 0.258 e. The van der Waals surface area contributed by atoms with Crippen molar-refractivity contribution in [1.29, 1.82) is 0 Å². The number of nitrogens with zero attached hydrogens (tertiary/aromatic N) is 1. The third kappa shape index (κ3) is 2.49. The molecule has 1 fully saturated rings. The normalized spacial score (nSPS) is 18.7. The van der Waals surface area contributed by atoms with Crippen LogP contribution in [-0.4, -0.2) is 31.9 Å². The molecule has 1 unspecified atom stereocenters. The van der Waals surface area contributed by atoms with Gasteiger partial charge >= 0.3 is 0 Å². The van der Waals surface area contributed by atoms with Crippen LogP contribution in [0.15, 0.2) is 29.2 Å². The van der Waals surface area contributed by atoms with Crippen LogP contribution in [0.2, 0.25) is 0 Å². The van der Waals surface area contributed by atoms with E-state index in [1.807, 2.05) is 22.9 Å². The third-order valence-electron chi connectivity index (χ3n) is 4.10. The molecule has 1 aliphatic rings. The zero-order chi connectivity index (χ0) is 14.8. The van der Waals surface area contributed by atoms with Crippen molar-refractivity contribution in [2.24, 2.45) is 0 Å². The van der Waals surface area contributed by atoms with Crippen LogP contribution in [0.25, 0.3) is 10.8 Å². The van der Waals surface area contributed by atoms with Gasteiger partial charge in [-0.3, -0.25) is 4.79 Å². The Bertz CT molecular complexity index is 702. The lowest BCUT2D eigenvalue weighted by Crippen LogP contribution is -2.36. The second-order valence-corrected chi connectivity index (χ2v) is 5.32. The van der Waals surface area contributed by atoms with E-state index in [1.54, 1.807) is 20.3 Å². The molecule has 0 bridgehead atoms. The SMILES string of the molecule is COc1cc2ccn(C3CCCNC3)c(=O)c2cc1OC. The van der Waals surface area contributed by atoms with Crippen molar-refractivity contribution < 1.29 is 9.47 Å². The first-order valence-corrected chi connectivity index (χ1v) is 7.22. The van der Waals surface area contributed by atoms with Crippen molar-refractivity contribution in [3.05, 3.63) is 34.7 Å². The van der Waals surface area contributed by atoms with Gasteiger partial charge in [0.1, 0.15) is 0 Å². The molecule has 0 amide bonds. The molecule has 1 aromatic heterocycles. The molecule has 2 aromatic rings. The van der Waals surface area contributed by atoms with E-state index in [9.17, 15) is 4.79 Å². The molecule has 1 aliphatic heterocycles. The summed E-state index contributed by atoms with van der Waals surface area (Å²) in [4.78, 5) is 12.7. The van der Waals surface area contributed by atoms with Crippen molar-refractivity contribution in [2.45, 2.75) is 18.9 Å². The van der Waals surface area contributed by atoms with Gasteiger partial charge in [-0.15, -0.1) is 0 Å². The summed E-state index contributed by atoms with van der Waals surface area (Å²) >= 11 is 0. The molecule has 0 saturated carbocycles. The molecule has 3 rings (SSSR count). The predicted octanol–water partition coefficient (Wildman–Crippen LogP) is 1.94. The number of piperidine rings is 1. The number of benzene rings is 1. The predicted molar refractivity (Wildman–Crippen MR) is 82.5 cm³/mol.